The van der Waals surface area contributed by atoms with Crippen LogP contribution < -0.4 is 5.73 Å². The SMILES string of the molecule is Cc1n[nH]c(C)c1S(=O)(=O)N1CCCC(C(=O)N2CCC(CN)C2)C1. The van der Waals surface area contributed by atoms with Crippen molar-refractivity contribution in [2.24, 2.45) is 17.6 Å². The summed E-state index contributed by atoms with van der Waals surface area (Å²) in [7, 11) is -3.64. The molecule has 25 heavy (non-hydrogen) atoms. The van der Waals surface area contributed by atoms with E-state index in [1.165, 1.54) is 4.31 Å². The summed E-state index contributed by atoms with van der Waals surface area (Å²) in [5.74, 6) is 0.160. The van der Waals surface area contributed by atoms with E-state index in [0.29, 0.717) is 43.4 Å². The molecule has 0 aliphatic carbocycles. The van der Waals surface area contributed by atoms with Crippen molar-refractivity contribution < 1.29 is 13.2 Å². The third kappa shape index (κ3) is 3.45. The van der Waals surface area contributed by atoms with E-state index in [4.69, 9.17) is 5.73 Å². The van der Waals surface area contributed by atoms with E-state index < -0.39 is 10.0 Å². The lowest BCUT2D eigenvalue weighted by Gasteiger charge is -2.33. The van der Waals surface area contributed by atoms with Gasteiger partial charge >= 0.3 is 0 Å². The average molecular weight is 369 g/mol. The molecule has 0 bridgehead atoms. The molecular formula is C16H27N5O3S. The second kappa shape index (κ2) is 7.05. The van der Waals surface area contributed by atoms with Gasteiger partial charge in [-0.3, -0.25) is 9.89 Å². The Morgan fingerprint density at radius 2 is 2.04 bits per heavy atom. The lowest BCUT2D eigenvalue weighted by atomic mass is 9.98. The molecule has 3 heterocycles. The zero-order valence-electron chi connectivity index (χ0n) is 14.9. The van der Waals surface area contributed by atoms with Crippen molar-refractivity contribution >= 4 is 15.9 Å². The van der Waals surface area contributed by atoms with Crippen LogP contribution in [0.5, 0.6) is 0 Å². The number of aromatic nitrogens is 2. The van der Waals surface area contributed by atoms with Gasteiger partial charge in [0, 0.05) is 26.2 Å². The number of aromatic amines is 1. The van der Waals surface area contributed by atoms with Crippen molar-refractivity contribution in [3.63, 3.8) is 0 Å². The van der Waals surface area contributed by atoms with Crippen LogP contribution in [0.1, 0.15) is 30.7 Å². The number of hydrogen-bond acceptors (Lipinski definition) is 5. The number of nitrogens with two attached hydrogens (primary N) is 1. The Balaban J connectivity index is 1.74. The zero-order valence-corrected chi connectivity index (χ0v) is 15.7. The number of carbonyl (C=O) groups is 1. The molecule has 0 spiro atoms. The number of nitrogens with one attached hydrogen (secondary N) is 1. The molecule has 3 N–H and O–H groups in total. The molecule has 0 saturated carbocycles. The lowest BCUT2D eigenvalue weighted by Crippen LogP contribution is -2.46. The van der Waals surface area contributed by atoms with Crippen LogP contribution in [0.15, 0.2) is 4.90 Å². The van der Waals surface area contributed by atoms with E-state index in [1.54, 1.807) is 13.8 Å². The highest BCUT2D eigenvalue weighted by Crippen LogP contribution is 2.28. The van der Waals surface area contributed by atoms with Crippen LogP contribution >= 0.6 is 0 Å². The minimum Gasteiger partial charge on any atom is -0.342 e. The fourth-order valence-corrected chi connectivity index (χ4v) is 5.75. The van der Waals surface area contributed by atoms with E-state index in [1.807, 2.05) is 4.90 Å². The van der Waals surface area contributed by atoms with Crippen LogP contribution in [0, 0.1) is 25.7 Å². The first-order valence-corrected chi connectivity index (χ1v) is 10.3. The molecule has 1 aromatic rings. The monoisotopic (exact) mass is 369 g/mol. The van der Waals surface area contributed by atoms with Crippen molar-refractivity contribution in [3.8, 4) is 0 Å². The first-order valence-electron chi connectivity index (χ1n) is 8.85. The molecule has 140 valence electrons. The molecular weight excluding hydrogens is 342 g/mol. The standard InChI is InChI=1S/C16H27N5O3S/c1-11-15(12(2)19-18-11)25(23,24)21-6-3-4-14(10-21)16(22)20-7-5-13(8-17)9-20/h13-14H,3-10,17H2,1-2H3,(H,18,19). The van der Waals surface area contributed by atoms with Gasteiger partial charge in [0.2, 0.25) is 15.9 Å². The van der Waals surface area contributed by atoms with Gasteiger partial charge in [-0.2, -0.15) is 9.40 Å². The number of rotatable bonds is 4. The molecule has 9 heteroatoms. The summed E-state index contributed by atoms with van der Waals surface area (Å²) < 4.78 is 27.4. The second-order valence-electron chi connectivity index (χ2n) is 7.14. The summed E-state index contributed by atoms with van der Waals surface area (Å²) >= 11 is 0. The highest BCUT2D eigenvalue weighted by molar-refractivity contribution is 7.89. The normalized spacial score (nSPS) is 25.5. The van der Waals surface area contributed by atoms with Gasteiger partial charge in [-0.15, -0.1) is 0 Å². The van der Waals surface area contributed by atoms with Crippen LogP contribution in [0.3, 0.4) is 0 Å². The Kier molecular flexibility index (Phi) is 5.17. The maximum atomic E-state index is 13.0. The molecule has 2 unspecified atom stereocenters. The van der Waals surface area contributed by atoms with Gasteiger partial charge in [0.1, 0.15) is 4.90 Å². The van der Waals surface area contributed by atoms with E-state index in [-0.39, 0.29) is 23.3 Å². The molecule has 2 atom stereocenters. The van der Waals surface area contributed by atoms with E-state index in [9.17, 15) is 13.2 Å². The largest absolute Gasteiger partial charge is 0.342 e. The van der Waals surface area contributed by atoms with Crippen LogP contribution in [-0.4, -0.2) is 66.5 Å². The van der Waals surface area contributed by atoms with Crippen molar-refractivity contribution in [2.45, 2.75) is 38.0 Å². The molecule has 3 rings (SSSR count). The average Bonchev–Trinajstić information content (AvgIpc) is 3.21. The number of hydrogen-bond donors (Lipinski definition) is 2. The third-order valence-electron chi connectivity index (χ3n) is 5.32. The van der Waals surface area contributed by atoms with Gasteiger partial charge in [-0.25, -0.2) is 8.42 Å². The first-order chi connectivity index (χ1) is 11.8. The summed E-state index contributed by atoms with van der Waals surface area (Å²) in [6.45, 7) is 6.09. The number of sulfonamides is 1. The Morgan fingerprint density at radius 1 is 1.28 bits per heavy atom. The minimum absolute atomic E-state index is 0.0662. The summed E-state index contributed by atoms with van der Waals surface area (Å²) in [5, 5.41) is 6.72. The van der Waals surface area contributed by atoms with Crippen molar-refractivity contribution in [1.82, 2.24) is 19.4 Å². The molecule has 2 fully saturated rings. The number of aryl methyl sites for hydroxylation is 2. The predicted molar refractivity (Wildman–Crippen MR) is 93.3 cm³/mol. The van der Waals surface area contributed by atoms with Crippen LogP contribution in [0.4, 0.5) is 0 Å². The van der Waals surface area contributed by atoms with E-state index >= 15 is 0 Å². The molecule has 0 aromatic carbocycles. The van der Waals surface area contributed by atoms with Crippen molar-refractivity contribution in [1.29, 1.82) is 0 Å². The number of piperidine rings is 1. The number of carbonyl (C=O) groups excluding carboxylic acids is 1. The molecule has 2 aliphatic heterocycles. The van der Waals surface area contributed by atoms with Crippen molar-refractivity contribution in [2.75, 3.05) is 32.7 Å². The molecule has 2 aliphatic rings. The Labute approximate surface area is 148 Å². The molecule has 2 saturated heterocycles. The minimum atomic E-state index is -3.64. The predicted octanol–water partition coefficient (Wildman–Crippen LogP) is 0.234. The Morgan fingerprint density at radius 3 is 2.64 bits per heavy atom. The van der Waals surface area contributed by atoms with Crippen LogP contribution in [0.2, 0.25) is 0 Å². The fraction of sp³-hybridized carbons (Fsp3) is 0.750. The van der Waals surface area contributed by atoms with Crippen LogP contribution in [0.25, 0.3) is 0 Å². The molecule has 1 aromatic heterocycles. The van der Waals surface area contributed by atoms with Crippen LogP contribution in [-0.2, 0) is 14.8 Å². The maximum Gasteiger partial charge on any atom is 0.246 e. The summed E-state index contributed by atoms with van der Waals surface area (Å²) in [6, 6.07) is 0. The molecule has 1 amide bonds. The maximum absolute atomic E-state index is 13.0. The van der Waals surface area contributed by atoms with Gasteiger partial charge in [0.05, 0.1) is 17.3 Å². The summed E-state index contributed by atoms with van der Waals surface area (Å²) in [6.07, 6.45) is 2.36. The number of nitrogens with zero attached hydrogens (tertiary/aromatic N) is 3. The lowest BCUT2D eigenvalue weighted by molar-refractivity contribution is -0.135. The topological polar surface area (TPSA) is 112 Å². The van der Waals surface area contributed by atoms with E-state index in [0.717, 1.165) is 19.4 Å². The Hall–Kier alpha value is -1.45. The van der Waals surface area contributed by atoms with Crippen molar-refractivity contribution in [3.05, 3.63) is 11.4 Å². The quantitative estimate of drug-likeness (QED) is 0.789. The van der Waals surface area contributed by atoms with Gasteiger partial charge in [-0.05, 0) is 45.6 Å². The van der Waals surface area contributed by atoms with E-state index in [2.05, 4.69) is 10.2 Å². The summed E-state index contributed by atoms with van der Waals surface area (Å²) in [4.78, 5) is 14.9. The molecule has 0 radical (unpaired) electrons. The molecule has 8 nitrogen and oxygen atoms in total. The third-order valence-corrected chi connectivity index (χ3v) is 7.45. The highest BCUT2D eigenvalue weighted by atomic mass is 32.2. The van der Waals surface area contributed by atoms with Gasteiger partial charge in [-0.1, -0.05) is 0 Å². The Bertz CT molecular complexity index is 725. The first kappa shape index (κ1) is 18.3. The fourth-order valence-electron chi connectivity index (χ4n) is 3.90. The summed E-state index contributed by atoms with van der Waals surface area (Å²) in [5.41, 5.74) is 6.71. The van der Waals surface area contributed by atoms with Gasteiger partial charge < -0.3 is 10.6 Å². The zero-order chi connectivity index (χ0) is 18.2. The number of amides is 1. The number of H-pyrrole nitrogens is 1. The highest BCUT2D eigenvalue weighted by Gasteiger charge is 2.38. The van der Waals surface area contributed by atoms with Gasteiger partial charge in [0.15, 0.2) is 0 Å². The smallest absolute Gasteiger partial charge is 0.246 e. The number of likely N-dealkylation sites (tertiary alicyclic amines) is 1. The second-order valence-corrected chi connectivity index (χ2v) is 9.01. The van der Waals surface area contributed by atoms with Gasteiger partial charge in [0.25, 0.3) is 0 Å².